The zero-order valence-electron chi connectivity index (χ0n) is 8.93. The summed E-state index contributed by atoms with van der Waals surface area (Å²) in [7, 11) is 0. The molecule has 14 heavy (non-hydrogen) atoms. The molecule has 0 N–H and O–H groups in total. The Morgan fingerprint density at radius 1 is 1.21 bits per heavy atom. The molecule has 0 aliphatic heterocycles. The molecule has 1 heteroatoms. The maximum Gasteiger partial charge on any atom is 0.158 e. The summed E-state index contributed by atoms with van der Waals surface area (Å²) >= 11 is 0. The van der Waals surface area contributed by atoms with E-state index in [2.05, 4.69) is 6.08 Å². The quantitative estimate of drug-likeness (QED) is 0.667. The molecule has 0 saturated heterocycles. The van der Waals surface area contributed by atoms with E-state index in [1.165, 1.54) is 38.5 Å². The topological polar surface area (TPSA) is 17.1 Å². The number of hydrogen-bond acceptors (Lipinski definition) is 1. The molecule has 0 aromatic carbocycles. The van der Waals surface area contributed by atoms with Crippen molar-refractivity contribution in [1.82, 2.24) is 0 Å². The third kappa shape index (κ3) is 2.97. The zero-order valence-corrected chi connectivity index (χ0v) is 8.93. The number of ketones is 1. The first-order chi connectivity index (χ1) is 6.86. The van der Waals surface area contributed by atoms with Crippen molar-refractivity contribution in [2.75, 3.05) is 0 Å². The first-order valence-electron chi connectivity index (χ1n) is 6.08. The predicted molar refractivity (Wildman–Crippen MR) is 58.1 cm³/mol. The van der Waals surface area contributed by atoms with Crippen LogP contribution in [-0.4, -0.2) is 5.78 Å². The highest BCUT2D eigenvalue weighted by atomic mass is 16.1. The van der Waals surface area contributed by atoms with Crippen LogP contribution in [0.2, 0.25) is 0 Å². The lowest BCUT2D eigenvalue weighted by Crippen LogP contribution is -2.05. The van der Waals surface area contributed by atoms with E-state index in [9.17, 15) is 4.79 Å². The van der Waals surface area contributed by atoms with Crippen molar-refractivity contribution in [2.24, 2.45) is 5.92 Å². The van der Waals surface area contributed by atoms with Crippen LogP contribution in [0.25, 0.3) is 0 Å². The molecule has 1 fully saturated rings. The molecule has 2 aliphatic carbocycles. The summed E-state index contributed by atoms with van der Waals surface area (Å²) in [5.41, 5.74) is 1.15. The molecule has 0 bridgehead atoms. The summed E-state index contributed by atoms with van der Waals surface area (Å²) in [6.07, 6.45) is 13.0. The number of carbonyl (C=O) groups is 1. The van der Waals surface area contributed by atoms with Crippen molar-refractivity contribution in [1.29, 1.82) is 0 Å². The Balaban J connectivity index is 1.88. The van der Waals surface area contributed by atoms with Crippen molar-refractivity contribution in [2.45, 2.75) is 57.8 Å². The largest absolute Gasteiger partial charge is 0.295 e. The predicted octanol–water partition coefficient (Wildman–Crippen LogP) is 3.64. The van der Waals surface area contributed by atoms with Crippen molar-refractivity contribution in [3.63, 3.8) is 0 Å². The summed E-state index contributed by atoms with van der Waals surface area (Å²) in [4.78, 5) is 11.8. The molecule has 2 aliphatic rings. The van der Waals surface area contributed by atoms with Gasteiger partial charge in [0.2, 0.25) is 0 Å². The Bertz CT molecular complexity index is 236. The fraction of sp³-hybridized carbons (Fsp3) is 0.769. The summed E-state index contributed by atoms with van der Waals surface area (Å²) < 4.78 is 0. The molecule has 0 spiro atoms. The molecule has 0 radical (unpaired) electrons. The Kier molecular flexibility index (Phi) is 3.39. The van der Waals surface area contributed by atoms with Gasteiger partial charge in [-0.15, -0.1) is 0 Å². The average Bonchev–Trinajstić information content (AvgIpc) is 2.86. The van der Waals surface area contributed by atoms with Gasteiger partial charge in [-0.25, -0.2) is 0 Å². The molecule has 0 atom stereocenters. The van der Waals surface area contributed by atoms with E-state index in [0.29, 0.717) is 5.78 Å². The first kappa shape index (κ1) is 9.95. The molecule has 2 rings (SSSR count). The van der Waals surface area contributed by atoms with Gasteiger partial charge in [-0.1, -0.05) is 18.9 Å². The van der Waals surface area contributed by atoms with Crippen LogP contribution in [0, 0.1) is 5.92 Å². The van der Waals surface area contributed by atoms with Gasteiger partial charge in [0, 0.05) is 6.42 Å². The molecular formula is C13H20O. The van der Waals surface area contributed by atoms with Crippen LogP contribution in [0.1, 0.15) is 57.8 Å². The van der Waals surface area contributed by atoms with Crippen LogP contribution < -0.4 is 0 Å². The maximum atomic E-state index is 11.8. The summed E-state index contributed by atoms with van der Waals surface area (Å²) in [6, 6.07) is 0. The van der Waals surface area contributed by atoms with Gasteiger partial charge in [-0.2, -0.15) is 0 Å². The Morgan fingerprint density at radius 3 is 2.79 bits per heavy atom. The van der Waals surface area contributed by atoms with Gasteiger partial charge in [0.1, 0.15) is 0 Å². The summed E-state index contributed by atoms with van der Waals surface area (Å²) in [6.45, 7) is 0. The van der Waals surface area contributed by atoms with E-state index >= 15 is 0 Å². The molecule has 0 unspecified atom stereocenters. The molecule has 0 heterocycles. The highest BCUT2D eigenvalue weighted by Crippen LogP contribution is 2.34. The summed E-state index contributed by atoms with van der Waals surface area (Å²) in [5.74, 6) is 1.20. The minimum atomic E-state index is 0.453. The van der Waals surface area contributed by atoms with Crippen LogP contribution >= 0.6 is 0 Å². The first-order valence-corrected chi connectivity index (χ1v) is 6.08. The Hall–Kier alpha value is -0.590. The van der Waals surface area contributed by atoms with E-state index in [-0.39, 0.29) is 0 Å². The molecular weight excluding hydrogens is 172 g/mol. The minimum absolute atomic E-state index is 0.453. The fourth-order valence-electron chi connectivity index (χ4n) is 2.16. The molecule has 1 saturated carbocycles. The van der Waals surface area contributed by atoms with E-state index in [1.54, 1.807) is 0 Å². The standard InChI is InChI=1S/C13H20O/c14-13(10-11-8-9-11)12-6-4-2-1-3-5-7-12/h6,11H,1-5,7-10H2. The second-order valence-corrected chi connectivity index (χ2v) is 4.75. The lowest BCUT2D eigenvalue weighted by atomic mass is 9.95. The molecule has 1 nitrogen and oxygen atoms in total. The van der Waals surface area contributed by atoms with Crippen molar-refractivity contribution < 1.29 is 4.79 Å². The number of Topliss-reactive ketones (excluding diaryl/α,β-unsaturated/α-hetero) is 1. The number of carbonyl (C=O) groups excluding carboxylic acids is 1. The van der Waals surface area contributed by atoms with E-state index in [1.807, 2.05) is 0 Å². The second-order valence-electron chi connectivity index (χ2n) is 4.75. The van der Waals surface area contributed by atoms with Gasteiger partial charge in [-0.3, -0.25) is 4.79 Å². The van der Waals surface area contributed by atoms with Crippen LogP contribution in [0.5, 0.6) is 0 Å². The zero-order chi connectivity index (χ0) is 9.80. The van der Waals surface area contributed by atoms with Crippen molar-refractivity contribution >= 4 is 5.78 Å². The summed E-state index contributed by atoms with van der Waals surface area (Å²) in [5, 5.41) is 0. The van der Waals surface area contributed by atoms with Gasteiger partial charge in [0.25, 0.3) is 0 Å². The Labute approximate surface area is 86.6 Å². The van der Waals surface area contributed by atoms with Crippen LogP contribution in [0.15, 0.2) is 11.6 Å². The van der Waals surface area contributed by atoms with Crippen LogP contribution in [0.3, 0.4) is 0 Å². The van der Waals surface area contributed by atoms with Gasteiger partial charge < -0.3 is 0 Å². The van der Waals surface area contributed by atoms with E-state index in [4.69, 9.17) is 0 Å². The molecule has 78 valence electrons. The smallest absolute Gasteiger partial charge is 0.158 e. The number of allylic oxidation sites excluding steroid dienone is 2. The Morgan fingerprint density at radius 2 is 2.00 bits per heavy atom. The molecule has 0 amide bonds. The lowest BCUT2D eigenvalue weighted by molar-refractivity contribution is -0.116. The van der Waals surface area contributed by atoms with E-state index in [0.717, 1.165) is 30.8 Å². The average molecular weight is 192 g/mol. The lowest BCUT2D eigenvalue weighted by Gasteiger charge is -2.09. The highest BCUT2D eigenvalue weighted by Gasteiger charge is 2.25. The fourth-order valence-corrected chi connectivity index (χ4v) is 2.16. The van der Waals surface area contributed by atoms with Gasteiger partial charge >= 0.3 is 0 Å². The maximum absolute atomic E-state index is 11.8. The van der Waals surface area contributed by atoms with Gasteiger partial charge in [-0.05, 0) is 50.0 Å². The van der Waals surface area contributed by atoms with Crippen LogP contribution in [-0.2, 0) is 4.79 Å². The number of hydrogen-bond donors (Lipinski definition) is 0. The third-order valence-electron chi connectivity index (χ3n) is 3.32. The molecule has 0 aromatic rings. The minimum Gasteiger partial charge on any atom is -0.295 e. The second kappa shape index (κ2) is 4.77. The van der Waals surface area contributed by atoms with Crippen molar-refractivity contribution in [3.05, 3.63) is 11.6 Å². The van der Waals surface area contributed by atoms with Gasteiger partial charge in [0.05, 0.1) is 0 Å². The number of rotatable bonds is 3. The normalized spacial score (nSPS) is 23.6. The third-order valence-corrected chi connectivity index (χ3v) is 3.32. The van der Waals surface area contributed by atoms with Crippen molar-refractivity contribution in [3.8, 4) is 0 Å². The molecule has 0 aromatic heterocycles. The SMILES string of the molecule is O=C(CC1CC1)C1=CCCCCCC1. The van der Waals surface area contributed by atoms with Gasteiger partial charge in [0.15, 0.2) is 5.78 Å². The van der Waals surface area contributed by atoms with Crippen LogP contribution in [0.4, 0.5) is 0 Å². The highest BCUT2D eigenvalue weighted by molar-refractivity contribution is 5.95. The van der Waals surface area contributed by atoms with E-state index < -0.39 is 0 Å². The monoisotopic (exact) mass is 192 g/mol.